The zero-order valence-corrected chi connectivity index (χ0v) is 12.4. The molecule has 0 saturated heterocycles. The maximum atomic E-state index is 12.3. The molecule has 1 atom stereocenters. The van der Waals surface area contributed by atoms with Gasteiger partial charge in [0.25, 0.3) is 5.91 Å². The lowest BCUT2D eigenvalue weighted by molar-refractivity contribution is 0.0906. The summed E-state index contributed by atoms with van der Waals surface area (Å²) in [4.78, 5) is 14.3. The second kappa shape index (κ2) is 6.06. The number of nitrogen functional groups attached to an aromatic ring is 1. The summed E-state index contributed by atoms with van der Waals surface area (Å²) >= 11 is 1.53. The van der Waals surface area contributed by atoms with Crippen molar-refractivity contribution in [3.05, 3.63) is 22.6 Å². The molecular weight excluding hydrogens is 278 g/mol. The highest BCUT2D eigenvalue weighted by Gasteiger charge is 2.24. The minimum absolute atomic E-state index is 0.0215. The number of carbonyl (C=O) groups excluding carboxylic acids is 1. The Bertz CT molecular complexity index is 606. The Balaban J connectivity index is 2.27. The molecular formula is C13H17N3O3S. The number of aryl methyl sites for hydroxylation is 1. The van der Waals surface area contributed by atoms with Crippen molar-refractivity contribution in [2.75, 3.05) is 19.5 Å². The molecule has 0 aliphatic carbocycles. The topological polar surface area (TPSA) is 90.4 Å². The van der Waals surface area contributed by atoms with Crippen molar-refractivity contribution in [2.45, 2.75) is 19.9 Å². The number of rotatable bonds is 5. The highest BCUT2D eigenvalue weighted by molar-refractivity contribution is 7.15. The van der Waals surface area contributed by atoms with Crippen molar-refractivity contribution in [3.8, 4) is 10.6 Å². The van der Waals surface area contributed by atoms with E-state index in [2.05, 4.69) is 10.5 Å². The van der Waals surface area contributed by atoms with Crippen LogP contribution in [0.2, 0.25) is 0 Å². The minimum Gasteiger partial charge on any atom is -0.383 e. The predicted octanol–water partition coefficient (Wildman–Crippen LogP) is 2.06. The number of amides is 1. The molecule has 0 aliphatic heterocycles. The Labute approximate surface area is 120 Å². The zero-order valence-electron chi connectivity index (χ0n) is 11.6. The Morgan fingerprint density at radius 1 is 1.60 bits per heavy atom. The molecule has 1 unspecified atom stereocenters. The van der Waals surface area contributed by atoms with Crippen molar-refractivity contribution < 1.29 is 14.1 Å². The second-order valence-electron chi connectivity index (χ2n) is 4.51. The van der Waals surface area contributed by atoms with E-state index in [1.54, 1.807) is 7.11 Å². The van der Waals surface area contributed by atoms with E-state index in [1.807, 2.05) is 26.0 Å². The third kappa shape index (κ3) is 3.00. The van der Waals surface area contributed by atoms with Crippen molar-refractivity contribution in [1.29, 1.82) is 0 Å². The Morgan fingerprint density at radius 2 is 2.35 bits per heavy atom. The quantitative estimate of drug-likeness (QED) is 0.881. The average molecular weight is 295 g/mol. The number of nitrogens with two attached hydrogens (primary N) is 1. The highest BCUT2D eigenvalue weighted by atomic mass is 32.1. The number of ether oxygens (including phenoxy) is 1. The van der Waals surface area contributed by atoms with E-state index in [1.165, 1.54) is 11.3 Å². The number of nitrogens with one attached hydrogen (secondary N) is 1. The fourth-order valence-corrected chi connectivity index (χ4v) is 2.69. The number of anilines is 1. The van der Waals surface area contributed by atoms with Crippen LogP contribution in [0.5, 0.6) is 0 Å². The summed E-state index contributed by atoms with van der Waals surface area (Å²) in [6, 6.07) is 3.73. The lowest BCUT2D eigenvalue weighted by Gasteiger charge is -2.12. The summed E-state index contributed by atoms with van der Waals surface area (Å²) in [6.07, 6.45) is 0. The molecule has 108 valence electrons. The van der Waals surface area contributed by atoms with Gasteiger partial charge in [0.1, 0.15) is 11.3 Å². The van der Waals surface area contributed by atoms with E-state index < -0.39 is 0 Å². The SMILES string of the molecule is COCC(C)NC(=O)c1c(-c2ccc(C)s2)noc1N. The van der Waals surface area contributed by atoms with Crippen LogP contribution < -0.4 is 11.1 Å². The van der Waals surface area contributed by atoms with Gasteiger partial charge < -0.3 is 20.3 Å². The van der Waals surface area contributed by atoms with Crippen LogP contribution in [0, 0.1) is 6.92 Å². The summed E-state index contributed by atoms with van der Waals surface area (Å²) in [7, 11) is 1.58. The molecule has 6 nitrogen and oxygen atoms in total. The van der Waals surface area contributed by atoms with Crippen LogP contribution in [0.4, 0.5) is 5.88 Å². The summed E-state index contributed by atoms with van der Waals surface area (Å²) in [6.45, 7) is 4.25. The van der Waals surface area contributed by atoms with Crippen LogP contribution in [0.1, 0.15) is 22.2 Å². The van der Waals surface area contributed by atoms with E-state index >= 15 is 0 Å². The van der Waals surface area contributed by atoms with Crippen LogP contribution in [0.3, 0.4) is 0 Å². The van der Waals surface area contributed by atoms with Gasteiger partial charge in [-0.25, -0.2) is 0 Å². The zero-order chi connectivity index (χ0) is 14.7. The van der Waals surface area contributed by atoms with Crippen LogP contribution in [-0.4, -0.2) is 30.8 Å². The molecule has 2 heterocycles. The third-order valence-corrected chi connectivity index (χ3v) is 3.72. The normalized spacial score (nSPS) is 12.3. The van der Waals surface area contributed by atoms with Gasteiger partial charge >= 0.3 is 0 Å². The summed E-state index contributed by atoms with van der Waals surface area (Å²) < 4.78 is 9.95. The predicted molar refractivity (Wildman–Crippen MR) is 77.8 cm³/mol. The van der Waals surface area contributed by atoms with Gasteiger partial charge in [0.2, 0.25) is 5.88 Å². The van der Waals surface area contributed by atoms with Crippen LogP contribution in [-0.2, 0) is 4.74 Å². The van der Waals surface area contributed by atoms with Gasteiger partial charge in [-0.05, 0) is 26.0 Å². The van der Waals surface area contributed by atoms with Crippen molar-refractivity contribution >= 4 is 23.1 Å². The third-order valence-electron chi connectivity index (χ3n) is 2.71. The maximum absolute atomic E-state index is 12.3. The van der Waals surface area contributed by atoms with E-state index in [4.69, 9.17) is 15.0 Å². The van der Waals surface area contributed by atoms with Crippen molar-refractivity contribution in [2.24, 2.45) is 0 Å². The smallest absolute Gasteiger partial charge is 0.259 e. The average Bonchev–Trinajstić information content (AvgIpc) is 2.95. The molecule has 2 aromatic rings. The van der Waals surface area contributed by atoms with Crippen molar-refractivity contribution in [3.63, 3.8) is 0 Å². The van der Waals surface area contributed by atoms with E-state index in [0.29, 0.717) is 12.3 Å². The van der Waals surface area contributed by atoms with E-state index in [9.17, 15) is 4.79 Å². The maximum Gasteiger partial charge on any atom is 0.259 e. The lowest BCUT2D eigenvalue weighted by atomic mass is 10.2. The first kappa shape index (κ1) is 14.5. The van der Waals surface area contributed by atoms with E-state index in [-0.39, 0.29) is 23.4 Å². The summed E-state index contributed by atoms with van der Waals surface area (Å²) in [5, 5.41) is 6.69. The van der Waals surface area contributed by atoms with Gasteiger partial charge in [-0.15, -0.1) is 11.3 Å². The molecule has 7 heteroatoms. The Hall–Kier alpha value is -1.86. The molecule has 0 bridgehead atoms. The van der Waals surface area contributed by atoms with Crippen LogP contribution >= 0.6 is 11.3 Å². The first-order valence-electron chi connectivity index (χ1n) is 6.14. The first-order chi connectivity index (χ1) is 9.52. The molecule has 20 heavy (non-hydrogen) atoms. The van der Waals surface area contributed by atoms with Gasteiger partial charge in [0, 0.05) is 18.0 Å². The van der Waals surface area contributed by atoms with Gasteiger partial charge in [-0.1, -0.05) is 5.16 Å². The fourth-order valence-electron chi connectivity index (χ4n) is 1.84. The van der Waals surface area contributed by atoms with Crippen LogP contribution in [0.25, 0.3) is 10.6 Å². The van der Waals surface area contributed by atoms with Gasteiger partial charge in [0.05, 0.1) is 11.5 Å². The molecule has 1 amide bonds. The number of nitrogens with zero attached hydrogens (tertiary/aromatic N) is 1. The standard InChI is InChI=1S/C13H17N3O3S/c1-7(6-18-3)15-13(17)10-11(16-19-12(10)14)9-5-4-8(2)20-9/h4-5,7H,6,14H2,1-3H3,(H,15,17). The number of methoxy groups -OCH3 is 1. The van der Waals surface area contributed by atoms with Crippen molar-refractivity contribution in [1.82, 2.24) is 10.5 Å². The van der Waals surface area contributed by atoms with Gasteiger partial charge in [-0.3, -0.25) is 4.79 Å². The molecule has 0 saturated carbocycles. The molecule has 3 N–H and O–H groups in total. The fraction of sp³-hybridized carbons (Fsp3) is 0.385. The highest BCUT2D eigenvalue weighted by Crippen LogP contribution is 2.32. The molecule has 0 radical (unpaired) electrons. The number of carbonyl (C=O) groups is 1. The number of hydrogen-bond donors (Lipinski definition) is 2. The molecule has 0 aromatic carbocycles. The summed E-state index contributed by atoms with van der Waals surface area (Å²) in [5.41, 5.74) is 6.47. The number of aromatic nitrogens is 1. The number of hydrogen-bond acceptors (Lipinski definition) is 6. The van der Waals surface area contributed by atoms with Crippen LogP contribution in [0.15, 0.2) is 16.7 Å². The molecule has 2 rings (SSSR count). The summed E-state index contributed by atoms with van der Waals surface area (Å²) in [5.74, 6) is -0.289. The monoisotopic (exact) mass is 295 g/mol. The van der Waals surface area contributed by atoms with Gasteiger partial charge in [0.15, 0.2) is 0 Å². The molecule has 0 spiro atoms. The largest absolute Gasteiger partial charge is 0.383 e. The lowest BCUT2D eigenvalue weighted by Crippen LogP contribution is -2.36. The molecule has 0 fully saturated rings. The Morgan fingerprint density at radius 3 is 2.95 bits per heavy atom. The molecule has 0 aliphatic rings. The molecule has 2 aromatic heterocycles. The first-order valence-corrected chi connectivity index (χ1v) is 6.96. The number of thiophene rings is 1. The minimum atomic E-state index is -0.311. The van der Waals surface area contributed by atoms with E-state index in [0.717, 1.165) is 9.75 Å². The van der Waals surface area contributed by atoms with Gasteiger partial charge in [-0.2, -0.15) is 0 Å². The Kier molecular flexibility index (Phi) is 4.41. The second-order valence-corrected chi connectivity index (χ2v) is 5.80.